The number of rotatable bonds is 4. The van der Waals surface area contributed by atoms with Gasteiger partial charge in [0.2, 0.25) is 5.91 Å². The Labute approximate surface area is 137 Å². The molecule has 0 aliphatic rings. The van der Waals surface area contributed by atoms with Gasteiger partial charge in [0.1, 0.15) is 18.5 Å². The molecule has 0 aliphatic carbocycles. The fourth-order valence-corrected chi connectivity index (χ4v) is 2.46. The van der Waals surface area contributed by atoms with Crippen LogP contribution in [0.1, 0.15) is 23.0 Å². The largest absolute Gasteiger partial charge is 0.343 e. The van der Waals surface area contributed by atoms with Gasteiger partial charge in [-0.05, 0) is 32.0 Å². The molecule has 24 heavy (non-hydrogen) atoms. The standard InChI is InChI=1S/C17H16N4O3/c1-10-6-14-16(19-10)18-9-21(17(14)24)8-15(23)20-13-5-3-4-12(7-13)11(2)22/h3-7,9,19H,8H2,1-2H3,(H,20,23). The molecule has 0 atom stereocenters. The minimum absolute atomic E-state index is 0.0835. The number of nitrogens with zero attached hydrogens (tertiary/aromatic N) is 2. The van der Waals surface area contributed by atoms with Crippen LogP contribution in [0.5, 0.6) is 0 Å². The van der Waals surface area contributed by atoms with E-state index in [4.69, 9.17) is 0 Å². The Morgan fingerprint density at radius 1 is 1.29 bits per heavy atom. The first-order valence-corrected chi connectivity index (χ1v) is 7.39. The summed E-state index contributed by atoms with van der Waals surface area (Å²) in [6.45, 7) is 3.14. The average Bonchev–Trinajstić information content (AvgIpc) is 2.92. The predicted molar refractivity (Wildman–Crippen MR) is 90.2 cm³/mol. The maximum Gasteiger partial charge on any atom is 0.263 e. The van der Waals surface area contributed by atoms with Gasteiger partial charge in [-0.1, -0.05) is 12.1 Å². The number of aryl methyl sites for hydroxylation is 1. The highest BCUT2D eigenvalue weighted by atomic mass is 16.2. The molecule has 7 heteroatoms. The first-order chi connectivity index (χ1) is 11.4. The second kappa shape index (κ2) is 6.11. The van der Waals surface area contributed by atoms with Crippen LogP contribution in [-0.4, -0.2) is 26.2 Å². The third-order valence-electron chi connectivity index (χ3n) is 3.62. The minimum atomic E-state index is -0.369. The van der Waals surface area contributed by atoms with E-state index in [1.807, 2.05) is 6.92 Å². The molecule has 0 bridgehead atoms. The van der Waals surface area contributed by atoms with Crippen molar-refractivity contribution in [3.05, 3.63) is 58.3 Å². The van der Waals surface area contributed by atoms with Crippen LogP contribution in [0.3, 0.4) is 0 Å². The monoisotopic (exact) mass is 324 g/mol. The zero-order chi connectivity index (χ0) is 17.3. The van der Waals surface area contributed by atoms with Gasteiger partial charge in [0, 0.05) is 16.9 Å². The Morgan fingerprint density at radius 2 is 2.08 bits per heavy atom. The molecule has 2 N–H and O–H groups in total. The van der Waals surface area contributed by atoms with Crippen LogP contribution < -0.4 is 10.9 Å². The fourth-order valence-electron chi connectivity index (χ4n) is 2.46. The first kappa shape index (κ1) is 15.7. The second-order valence-electron chi connectivity index (χ2n) is 5.58. The van der Waals surface area contributed by atoms with Gasteiger partial charge in [0.15, 0.2) is 5.78 Å². The molecule has 0 unspecified atom stereocenters. The zero-order valence-corrected chi connectivity index (χ0v) is 13.3. The second-order valence-corrected chi connectivity index (χ2v) is 5.58. The molecule has 0 saturated carbocycles. The van der Waals surface area contributed by atoms with Crippen LogP contribution in [0, 0.1) is 6.92 Å². The van der Waals surface area contributed by atoms with Gasteiger partial charge in [-0.3, -0.25) is 19.0 Å². The number of carbonyl (C=O) groups is 2. The lowest BCUT2D eigenvalue weighted by atomic mass is 10.1. The van der Waals surface area contributed by atoms with E-state index in [0.29, 0.717) is 22.3 Å². The lowest BCUT2D eigenvalue weighted by Crippen LogP contribution is -2.27. The van der Waals surface area contributed by atoms with Crippen LogP contribution >= 0.6 is 0 Å². The average molecular weight is 324 g/mol. The molecule has 0 fully saturated rings. The molecule has 1 amide bonds. The van der Waals surface area contributed by atoms with E-state index < -0.39 is 0 Å². The molecule has 0 spiro atoms. The number of aromatic nitrogens is 3. The van der Waals surface area contributed by atoms with Crippen molar-refractivity contribution in [2.45, 2.75) is 20.4 Å². The van der Waals surface area contributed by atoms with Gasteiger partial charge in [0.25, 0.3) is 5.56 Å². The summed E-state index contributed by atoms with van der Waals surface area (Å²) in [5.74, 6) is -0.453. The van der Waals surface area contributed by atoms with Crippen molar-refractivity contribution < 1.29 is 9.59 Å². The van der Waals surface area contributed by atoms with E-state index in [1.54, 1.807) is 30.3 Å². The molecule has 1 aromatic carbocycles. The van der Waals surface area contributed by atoms with E-state index in [2.05, 4.69) is 15.3 Å². The Balaban J connectivity index is 1.80. The smallest absolute Gasteiger partial charge is 0.263 e. The molecular weight excluding hydrogens is 308 g/mol. The quantitative estimate of drug-likeness (QED) is 0.716. The fraction of sp³-hybridized carbons (Fsp3) is 0.176. The van der Waals surface area contributed by atoms with Crippen molar-refractivity contribution in [2.24, 2.45) is 0 Å². The van der Waals surface area contributed by atoms with Crippen molar-refractivity contribution in [2.75, 3.05) is 5.32 Å². The highest BCUT2D eigenvalue weighted by molar-refractivity contribution is 5.97. The summed E-state index contributed by atoms with van der Waals surface area (Å²) in [7, 11) is 0. The van der Waals surface area contributed by atoms with Gasteiger partial charge >= 0.3 is 0 Å². The molecule has 0 radical (unpaired) electrons. The number of H-pyrrole nitrogens is 1. The number of fused-ring (bicyclic) bond motifs is 1. The first-order valence-electron chi connectivity index (χ1n) is 7.39. The molecular formula is C17H16N4O3. The zero-order valence-electron chi connectivity index (χ0n) is 13.3. The number of Topliss-reactive ketones (excluding diaryl/α,β-unsaturated/α-hetero) is 1. The van der Waals surface area contributed by atoms with E-state index in [9.17, 15) is 14.4 Å². The maximum atomic E-state index is 12.4. The van der Waals surface area contributed by atoms with Crippen molar-refractivity contribution in [3.8, 4) is 0 Å². The number of amides is 1. The Hall–Kier alpha value is -3.22. The number of benzene rings is 1. The van der Waals surface area contributed by atoms with Crippen LogP contribution in [0.25, 0.3) is 11.0 Å². The molecule has 0 aliphatic heterocycles. The summed E-state index contributed by atoms with van der Waals surface area (Å²) in [5, 5.41) is 3.13. The number of anilines is 1. The molecule has 3 rings (SSSR count). The normalized spacial score (nSPS) is 10.8. The minimum Gasteiger partial charge on any atom is -0.343 e. The number of aromatic amines is 1. The van der Waals surface area contributed by atoms with Gasteiger partial charge in [-0.15, -0.1) is 0 Å². The lowest BCUT2D eigenvalue weighted by Gasteiger charge is -2.08. The summed E-state index contributed by atoms with van der Waals surface area (Å²) in [5.41, 5.74) is 2.07. The molecule has 3 aromatic rings. The molecule has 2 aromatic heterocycles. The van der Waals surface area contributed by atoms with Crippen molar-refractivity contribution in [1.82, 2.24) is 14.5 Å². The highest BCUT2D eigenvalue weighted by Gasteiger charge is 2.10. The number of carbonyl (C=O) groups excluding carboxylic acids is 2. The van der Waals surface area contributed by atoms with Crippen molar-refractivity contribution in [3.63, 3.8) is 0 Å². The number of hydrogen-bond acceptors (Lipinski definition) is 4. The SMILES string of the molecule is CC(=O)c1cccc(NC(=O)Cn2cnc3[nH]c(C)cc3c2=O)c1. The highest BCUT2D eigenvalue weighted by Crippen LogP contribution is 2.11. The predicted octanol–water partition coefficient (Wildman–Crippen LogP) is 1.87. The summed E-state index contributed by atoms with van der Waals surface area (Å²) in [6.07, 6.45) is 1.34. The molecule has 122 valence electrons. The van der Waals surface area contributed by atoms with E-state index in [-0.39, 0.29) is 23.8 Å². The van der Waals surface area contributed by atoms with Crippen LogP contribution in [-0.2, 0) is 11.3 Å². The lowest BCUT2D eigenvalue weighted by molar-refractivity contribution is -0.116. The third-order valence-corrected chi connectivity index (χ3v) is 3.62. The summed E-state index contributed by atoms with van der Waals surface area (Å²) >= 11 is 0. The van der Waals surface area contributed by atoms with Gasteiger partial charge in [0.05, 0.1) is 5.39 Å². The maximum absolute atomic E-state index is 12.4. The number of ketones is 1. The summed E-state index contributed by atoms with van der Waals surface area (Å²) in [4.78, 5) is 43.0. The van der Waals surface area contributed by atoms with E-state index in [0.717, 1.165) is 5.69 Å². The molecule has 2 heterocycles. The number of nitrogens with one attached hydrogen (secondary N) is 2. The van der Waals surface area contributed by atoms with Crippen LogP contribution in [0.2, 0.25) is 0 Å². The Bertz CT molecular complexity index is 1000. The van der Waals surface area contributed by atoms with Gasteiger partial charge in [-0.2, -0.15) is 0 Å². The topological polar surface area (TPSA) is 96.8 Å². The van der Waals surface area contributed by atoms with Gasteiger partial charge < -0.3 is 10.3 Å². The Kier molecular flexibility index (Phi) is 3.99. The third kappa shape index (κ3) is 3.10. The number of hydrogen-bond donors (Lipinski definition) is 2. The summed E-state index contributed by atoms with van der Waals surface area (Å²) < 4.78 is 1.25. The van der Waals surface area contributed by atoms with Crippen LogP contribution in [0.4, 0.5) is 5.69 Å². The van der Waals surface area contributed by atoms with E-state index >= 15 is 0 Å². The van der Waals surface area contributed by atoms with Gasteiger partial charge in [-0.25, -0.2) is 4.98 Å². The molecule has 7 nitrogen and oxygen atoms in total. The Morgan fingerprint density at radius 3 is 2.83 bits per heavy atom. The van der Waals surface area contributed by atoms with Crippen molar-refractivity contribution in [1.29, 1.82) is 0 Å². The summed E-state index contributed by atoms with van der Waals surface area (Å²) in [6, 6.07) is 8.35. The molecule has 0 saturated heterocycles. The van der Waals surface area contributed by atoms with Crippen molar-refractivity contribution >= 4 is 28.4 Å². The van der Waals surface area contributed by atoms with Crippen LogP contribution in [0.15, 0.2) is 41.5 Å². The van der Waals surface area contributed by atoms with E-state index in [1.165, 1.54) is 17.8 Å².